The molecule has 0 atom stereocenters. The summed E-state index contributed by atoms with van der Waals surface area (Å²) in [5, 5.41) is 7.86. The maximum Gasteiger partial charge on any atom is 0.310 e. The van der Waals surface area contributed by atoms with Crippen molar-refractivity contribution in [2.24, 2.45) is 0 Å². The van der Waals surface area contributed by atoms with E-state index in [1.165, 1.54) is 6.92 Å². The first-order valence-electron chi connectivity index (χ1n) is 2.55. The Kier molecular flexibility index (Phi) is 18.9. The third-order valence-corrected chi connectivity index (χ3v) is 0.400. The second kappa shape index (κ2) is 11.5. The van der Waals surface area contributed by atoms with Gasteiger partial charge in [0.15, 0.2) is 0 Å². The fraction of sp³-hybridized carbons (Fsp3) is 0.500. The Morgan fingerprint density at radius 1 is 1.40 bits per heavy atom. The number of carboxylic acids is 1. The van der Waals surface area contributed by atoms with Crippen LogP contribution in [0.5, 0.6) is 0 Å². The molecule has 1 N–H and O–H groups in total. The fourth-order valence-electron chi connectivity index (χ4n) is 0.213. The van der Waals surface area contributed by atoms with Crippen LogP contribution in [0.3, 0.4) is 0 Å². The summed E-state index contributed by atoms with van der Waals surface area (Å²) in [6, 6.07) is 0. The Bertz CT molecular complexity index is 89.2. The number of carbonyl (C=O) groups excluding carboxylic acids is 1. The third kappa shape index (κ3) is 25.1. The summed E-state index contributed by atoms with van der Waals surface area (Å²) in [5.41, 5.74) is 0. The van der Waals surface area contributed by atoms with E-state index in [1.807, 2.05) is 0 Å². The van der Waals surface area contributed by atoms with E-state index in [4.69, 9.17) is 5.11 Å². The van der Waals surface area contributed by atoms with E-state index < -0.39 is 5.97 Å². The molecule has 0 unspecified atom stereocenters. The molecule has 0 aromatic carbocycles. The minimum atomic E-state index is -1.06. The number of ketones is 1. The van der Waals surface area contributed by atoms with Crippen LogP contribution in [0.25, 0.3) is 0 Å². The van der Waals surface area contributed by atoms with Crippen LogP contribution >= 0.6 is 0 Å². The van der Waals surface area contributed by atoms with Gasteiger partial charge < -0.3 is 12.0 Å². The van der Waals surface area contributed by atoms with Gasteiger partial charge in [0.2, 0.25) is 0 Å². The van der Waals surface area contributed by atoms with Crippen molar-refractivity contribution in [1.29, 1.82) is 0 Å². The van der Waals surface area contributed by atoms with Gasteiger partial charge in [-0.3, -0.25) is 9.59 Å². The molecule has 0 aliphatic carbocycles. The molecule has 10 heavy (non-hydrogen) atoms. The number of aliphatic carboxylic acids is 1. The number of Topliss-reactive ketones (excluding diaryl/α,β-unsaturated/α-hetero) is 1. The van der Waals surface area contributed by atoms with E-state index in [0.717, 1.165) is 0 Å². The molecule has 0 spiro atoms. The zero-order valence-electron chi connectivity index (χ0n) is 6.39. The van der Waals surface area contributed by atoms with Gasteiger partial charge in [-0.1, -0.05) is 0 Å². The zero-order valence-corrected chi connectivity index (χ0v) is 9.35. The van der Waals surface area contributed by atoms with Crippen molar-refractivity contribution >= 4 is 11.8 Å². The van der Waals surface area contributed by atoms with Gasteiger partial charge in [-0.25, -0.2) is 0 Å². The van der Waals surface area contributed by atoms with Crippen LogP contribution in [0.4, 0.5) is 0 Å². The largest absolute Gasteiger partial charge is 0.481 e. The van der Waals surface area contributed by atoms with E-state index in [9.17, 15) is 9.59 Å². The van der Waals surface area contributed by atoms with Gasteiger partial charge in [0, 0.05) is 19.5 Å². The maximum atomic E-state index is 9.87. The molecule has 0 rings (SSSR count). The molecular formula is C6H11O3Zn-. The minimum absolute atomic E-state index is 0. The average molecular weight is 197 g/mol. The van der Waals surface area contributed by atoms with Gasteiger partial charge in [0.1, 0.15) is 12.2 Å². The summed E-state index contributed by atoms with van der Waals surface area (Å²) >= 11 is 0. The number of hydrogen-bond acceptors (Lipinski definition) is 2. The van der Waals surface area contributed by atoms with Crippen molar-refractivity contribution in [3.8, 4) is 0 Å². The average Bonchev–Trinajstić information content (AvgIpc) is 1.68. The molecule has 0 aromatic rings. The molecule has 0 saturated heterocycles. The normalized spacial score (nSPS) is 6.30. The topological polar surface area (TPSA) is 54.4 Å². The molecule has 0 heterocycles. The van der Waals surface area contributed by atoms with E-state index in [1.54, 1.807) is 6.92 Å². The van der Waals surface area contributed by atoms with Gasteiger partial charge >= 0.3 is 5.97 Å². The Morgan fingerprint density at radius 3 is 1.70 bits per heavy atom. The summed E-state index contributed by atoms with van der Waals surface area (Å²) < 4.78 is 0. The summed E-state index contributed by atoms with van der Waals surface area (Å²) in [6.45, 7) is 6.24. The van der Waals surface area contributed by atoms with Gasteiger partial charge in [-0.15, -0.1) is 0 Å². The van der Waals surface area contributed by atoms with E-state index >= 15 is 0 Å². The molecule has 0 aliphatic heterocycles. The zero-order chi connectivity index (χ0) is 7.86. The Balaban J connectivity index is -0.000000149. The molecule has 0 aliphatic rings. The van der Waals surface area contributed by atoms with E-state index in [-0.39, 0.29) is 31.7 Å². The van der Waals surface area contributed by atoms with Crippen LogP contribution < -0.4 is 0 Å². The second-order valence-electron chi connectivity index (χ2n) is 1.27. The van der Waals surface area contributed by atoms with Crippen molar-refractivity contribution < 1.29 is 34.2 Å². The SMILES string of the molecule is CC(=O)CC(=O)O.[CH2-]C.[Zn]. The predicted octanol–water partition coefficient (Wildman–Crippen LogP) is 0.888. The minimum Gasteiger partial charge on any atom is -0.481 e. The van der Waals surface area contributed by atoms with Gasteiger partial charge in [0.05, 0.1) is 0 Å². The van der Waals surface area contributed by atoms with Crippen molar-refractivity contribution in [3.05, 3.63) is 6.92 Å². The molecule has 3 nitrogen and oxygen atoms in total. The van der Waals surface area contributed by atoms with Crippen LogP contribution in [0, 0.1) is 6.92 Å². The summed E-state index contributed by atoms with van der Waals surface area (Å²) in [4.78, 5) is 19.5. The van der Waals surface area contributed by atoms with Crippen LogP contribution in [0.2, 0.25) is 0 Å². The van der Waals surface area contributed by atoms with Crippen LogP contribution in [0.1, 0.15) is 20.3 Å². The van der Waals surface area contributed by atoms with Gasteiger partial charge in [-0.05, 0) is 6.92 Å². The smallest absolute Gasteiger partial charge is 0.310 e. The molecule has 4 heteroatoms. The molecule has 0 aromatic heterocycles. The van der Waals surface area contributed by atoms with Gasteiger partial charge in [-0.2, -0.15) is 6.92 Å². The first kappa shape index (κ1) is 16.4. The molecule has 0 saturated carbocycles. The molecule has 0 fully saturated rings. The number of carbonyl (C=O) groups is 2. The van der Waals surface area contributed by atoms with Crippen molar-refractivity contribution in [1.82, 2.24) is 0 Å². The Hall–Kier alpha value is -0.237. The van der Waals surface area contributed by atoms with Crippen molar-refractivity contribution in [2.75, 3.05) is 0 Å². The van der Waals surface area contributed by atoms with Crippen molar-refractivity contribution in [2.45, 2.75) is 20.3 Å². The molecule has 0 radical (unpaired) electrons. The van der Waals surface area contributed by atoms with Crippen LogP contribution in [-0.4, -0.2) is 16.9 Å². The maximum absolute atomic E-state index is 9.87. The van der Waals surface area contributed by atoms with Gasteiger partial charge in [0.25, 0.3) is 0 Å². The number of carboxylic acid groups (broad SMARTS) is 1. The van der Waals surface area contributed by atoms with Crippen molar-refractivity contribution in [3.63, 3.8) is 0 Å². The molecule has 56 valence electrons. The quantitative estimate of drug-likeness (QED) is 0.405. The summed E-state index contributed by atoms with van der Waals surface area (Å²) in [7, 11) is 0. The van der Waals surface area contributed by atoms with Crippen LogP contribution in [-0.2, 0) is 29.1 Å². The first-order valence-corrected chi connectivity index (χ1v) is 2.55. The third-order valence-electron chi connectivity index (χ3n) is 0.400. The Morgan fingerprint density at radius 2 is 1.70 bits per heavy atom. The van der Waals surface area contributed by atoms with E-state index in [2.05, 4.69) is 6.92 Å². The monoisotopic (exact) mass is 195 g/mol. The second-order valence-corrected chi connectivity index (χ2v) is 1.27. The number of hydrogen-bond donors (Lipinski definition) is 1. The standard InChI is InChI=1S/C4H6O3.C2H5.Zn/c1-3(5)2-4(6)7;1-2;/h2H2,1H3,(H,6,7);1H2,2H3;/q;-1;. The summed E-state index contributed by atoms with van der Waals surface area (Å²) in [5.74, 6) is -1.37. The summed E-state index contributed by atoms with van der Waals surface area (Å²) in [6.07, 6.45) is -0.361. The molecule has 0 bridgehead atoms. The predicted molar refractivity (Wildman–Crippen MR) is 34.0 cm³/mol. The number of rotatable bonds is 2. The van der Waals surface area contributed by atoms with E-state index in [0.29, 0.717) is 0 Å². The fourth-order valence-corrected chi connectivity index (χ4v) is 0.213. The van der Waals surface area contributed by atoms with Crippen LogP contribution in [0.15, 0.2) is 0 Å². The molecule has 0 amide bonds. The Labute approximate surface area is 73.6 Å². The molecular weight excluding hydrogens is 185 g/mol. The first-order chi connectivity index (χ1) is 4.13.